The van der Waals surface area contributed by atoms with Crippen LogP contribution in [0.4, 0.5) is 0 Å². The number of ether oxygens (including phenoxy) is 1. The smallest absolute Gasteiger partial charge is 0.323 e. The first-order valence-electron chi connectivity index (χ1n) is 5.55. The van der Waals surface area contributed by atoms with Crippen LogP contribution in [0.3, 0.4) is 0 Å². The number of esters is 1. The number of rotatable bonds is 5. The normalized spacial score (nSPS) is 12.5. The molecule has 0 saturated carbocycles. The lowest BCUT2D eigenvalue weighted by Gasteiger charge is -2.17. The number of likely N-dealkylation sites (N-methyl/N-ethyl adjacent to an activating group) is 1. The second-order valence-corrected chi connectivity index (χ2v) is 4.02. The SMILES string of the molecule is CN[C@@H](Cc1ccccc1)C(=O)OC(C)C. The molecule has 0 spiro atoms. The van der Waals surface area contributed by atoms with Gasteiger partial charge < -0.3 is 10.1 Å². The third kappa shape index (κ3) is 4.03. The van der Waals surface area contributed by atoms with Gasteiger partial charge in [0.1, 0.15) is 6.04 Å². The standard InChI is InChI=1S/C13H19NO2/c1-10(2)16-13(15)12(14-3)9-11-7-5-4-6-8-11/h4-8,10,12,14H,9H2,1-3H3/t12-/m0/s1. The van der Waals surface area contributed by atoms with E-state index in [1.54, 1.807) is 7.05 Å². The Morgan fingerprint density at radius 2 is 1.94 bits per heavy atom. The Kier molecular flexibility index (Phi) is 4.99. The van der Waals surface area contributed by atoms with E-state index in [1.807, 2.05) is 44.2 Å². The van der Waals surface area contributed by atoms with Crippen LogP contribution in [0, 0.1) is 0 Å². The van der Waals surface area contributed by atoms with Crippen molar-refractivity contribution in [3.05, 3.63) is 35.9 Å². The fraction of sp³-hybridized carbons (Fsp3) is 0.462. The summed E-state index contributed by atoms with van der Waals surface area (Å²) >= 11 is 0. The van der Waals surface area contributed by atoms with Gasteiger partial charge >= 0.3 is 5.97 Å². The van der Waals surface area contributed by atoms with Crippen molar-refractivity contribution in [2.24, 2.45) is 0 Å². The van der Waals surface area contributed by atoms with Crippen molar-refractivity contribution in [3.63, 3.8) is 0 Å². The quantitative estimate of drug-likeness (QED) is 0.770. The molecule has 0 unspecified atom stereocenters. The zero-order valence-electron chi connectivity index (χ0n) is 10.1. The van der Waals surface area contributed by atoms with E-state index in [2.05, 4.69) is 5.32 Å². The first-order chi connectivity index (χ1) is 7.63. The molecule has 88 valence electrons. The lowest BCUT2D eigenvalue weighted by Crippen LogP contribution is -2.38. The van der Waals surface area contributed by atoms with Crippen LogP contribution in [-0.4, -0.2) is 25.2 Å². The van der Waals surface area contributed by atoms with E-state index < -0.39 is 0 Å². The number of carbonyl (C=O) groups excluding carboxylic acids is 1. The van der Waals surface area contributed by atoms with Crippen LogP contribution < -0.4 is 5.32 Å². The molecule has 1 aromatic carbocycles. The number of nitrogens with one attached hydrogen (secondary N) is 1. The van der Waals surface area contributed by atoms with Gasteiger partial charge in [-0.15, -0.1) is 0 Å². The van der Waals surface area contributed by atoms with E-state index in [0.717, 1.165) is 5.56 Å². The molecule has 3 nitrogen and oxygen atoms in total. The first-order valence-corrected chi connectivity index (χ1v) is 5.55. The molecule has 0 radical (unpaired) electrons. The van der Waals surface area contributed by atoms with Crippen molar-refractivity contribution in [1.82, 2.24) is 5.32 Å². The Balaban J connectivity index is 2.58. The Hall–Kier alpha value is -1.35. The molecule has 3 heteroatoms. The maximum absolute atomic E-state index is 11.7. The monoisotopic (exact) mass is 221 g/mol. The fourth-order valence-corrected chi connectivity index (χ4v) is 1.47. The van der Waals surface area contributed by atoms with Gasteiger partial charge in [0, 0.05) is 0 Å². The largest absolute Gasteiger partial charge is 0.462 e. The van der Waals surface area contributed by atoms with Crippen LogP contribution in [-0.2, 0) is 16.0 Å². The molecular formula is C13H19NO2. The average molecular weight is 221 g/mol. The molecule has 0 amide bonds. The average Bonchev–Trinajstić information content (AvgIpc) is 2.26. The highest BCUT2D eigenvalue weighted by atomic mass is 16.5. The van der Waals surface area contributed by atoms with Crippen LogP contribution in [0.15, 0.2) is 30.3 Å². The second kappa shape index (κ2) is 6.28. The van der Waals surface area contributed by atoms with Crippen molar-refractivity contribution in [2.75, 3.05) is 7.05 Å². The van der Waals surface area contributed by atoms with Gasteiger partial charge in [0.25, 0.3) is 0 Å². The number of hydrogen-bond donors (Lipinski definition) is 1. The third-order valence-electron chi connectivity index (χ3n) is 2.27. The van der Waals surface area contributed by atoms with Gasteiger partial charge in [-0.1, -0.05) is 30.3 Å². The summed E-state index contributed by atoms with van der Waals surface area (Å²) in [7, 11) is 1.77. The molecule has 0 aromatic heterocycles. The van der Waals surface area contributed by atoms with E-state index in [1.165, 1.54) is 0 Å². The van der Waals surface area contributed by atoms with Crippen molar-refractivity contribution < 1.29 is 9.53 Å². The highest BCUT2D eigenvalue weighted by Crippen LogP contribution is 2.05. The minimum atomic E-state index is -0.273. The molecule has 0 aliphatic carbocycles. The molecule has 0 fully saturated rings. The summed E-state index contributed by atoms with van der Waals surface area (Å²) in [5.74, 6) is -0.193. The van der Waals surface area contributed by atoms with Crippen LogP contribution >= 0.6 is 0 Å². The Bertz CT molecular complexity index is 322. The zero-order chi connectivity index (χ0) is 12.0. The van der Waals surface area contributed by atoms with Gasteiger partial charge in [0.15, 0.2) is 0 Å². The summed E-state index contributed by atoms with van der Waals surface area (Å²) in [6.45, 7) is 3.71. The minimum Gasteiger partial charge on any atom is -0.462 e. The summed E-state index contributed by atoms with van der Waals surface area (Å²) in [5.41, 5.74) is 1.13. The van der Waals surface area contributed by atoms with Gasteiger partial charge in [-0.05, 0) is 32.9 Å². The molecule has 1 N–H and O–H groups in total. The van der Waals surface area contributed by atoms with Crippen LogP contribution in [0.5, 0.6) is 0 Å². The van der Waals surface area contributed by atoms with Gasteiger partial charge in [-0.25, -0.2) is 0 Å². The maximum Gasteiger partial charge on any atom is 0.323 e. The molecule has 0 aliphatic rings. The number of benzene rings is 1. The Morgan fingerprint density at radius 3 is 2.44 bits per heavy atom. The van der Waals surface area contributed by atoms with Crippen molar-refractivity contribution >= 4 is 5.97 Å². The van der Waals surface area contributed by atoms with Crippen molar-refractivity contribution in [1.29, 1.82) is 0 Å². The molecule has 1 aromatic rings. The summed E-state index contributed by atoms with van der Waals surface area (Å²) in [4.78, 5) is 11.7. The highest BCUT2D eigenvalue weighted by molar-refractivity contribution is 5.76. The zero-order valence-corrected chi connectivity index (χ0v) is 10.1. The molecule has 0 heterocycles. The summed E-state index contributed by atoms with van der Waals surface area (Å²) in [6, 6.07) is 9.64. The molecule has 0 aliphatic heterocycles. The number of carbonyl (C=O) groups is 1. The highest BCUT2D eigenvalue weighted by Gasteiger charge is 2.19. The molecule has 0 bridgehead atoms. The van der Waals surface area contributed by atoms with Crippen LogP contribution in [0.2, 0.25) is 0 Å². The van der Waals surface area contributed by atoms with Gasteiger partial charge in [-0.3, -0.25) is 4.79 Å². The lowest BCUT2D eigenvalue weighted by atomic mass is 10.1. The second-order valence-electron chi connectivity index (χ2n) is 4.02. The topological polar surface area (TPSA) is 38.3 Å². The first kappa shape index (κ1) is 12.7. The Morgan fingerprint density at radius 1 is 1.31 bits per heavy atom. The van der Waals surface area contributed by atoms with Crippen LogP contribution in [0.1, 0.15) is 19.4 Å². The summed E-state index contributed by atoms with van der Waals surface area (Å²) < 4.78 is 5.17. The van der Waals surface area contributed by atoms with Gasteiger partial charge in [-0.2, -0.15) is 0 Å². The molecule has 1 rings (SSSR count). The van der Waals surface area contributed by atoms with Crippen molar-refractivity contribution in [3.8, 4) is 0 Å². The lowest BCUT2D eigenvalue weighted by molar-refractivity contribution is -0.149. The van der Waals surface area contributed by atoms with E-state index in [4.69, 9.17) is 4.74 Å². The van der Waals surface area contributed by atoms with Gasteiger partial charge in [0.2, 0.25) is 0 Å². The predicted molar refractivity (Wildman–Crippen MR) is 64.2 cm³/mol. The Labute approximate surface area is 96.8 Å². The number of hydrogen-bond acceptors (Lipinski definition) is 3. The predicted octanol–water partition coefficient (Wildman–Crippen LogP) is 1.77. The molecule has 0 saturated heterocycles. The van der Waals surface area contributed by atoms with Crippen molar-refractivity contribution in [2.45, 2.75) is 32.4 Å². The van der Waals surface area contributed by atoms with Gasteiger partial charge in [0.05, 0.1) is 6.10 Å². The van der Waals surface area contributed by atoms with E-state index >= 15 is 0 Å². The molecule has 16 heavy (non-hydrogen) atoms. The molecular weight excluding hydrogens is 202 g/mol. The van der Waals surface area contributed by atoms with Crippen LogP contribution in [0.25, 0.3) is 0 Å². The maximum atomic E-state index is 11.7. The van der Waals surface area contributed by atoms with E-state index in [0.29, 0.717) is 6.42 Å². The van der Waals surface area contributed by atoms with E-state index in [-0.39, 0.29) is 18.1 Å². The minimum absolute atomic E-state index is 0.0703. The summed E-state index contributed by atoms with van der Waals surface area (Å²) in [6.07, 6.45) is 0.585. The van der Waals surface area contributed by atoms with E-state index in [9.17, 15) is 4.79 Å². The third-order valence-corrected chi connectivity index (χ3v) is 2.27. The molecule has 1 atom stereocenters. The summed E-state index contributed by atoms with van der Waals surface area (Å²) in [5, 5.41) is 2.98. The fourth-order valence-electron chi connectivity index (χ4n) is 1.47.